The average molecular weight is 279 g/mol. The molecule has 0 amide bonds. The van der Waals surface area contributed by atoms with E-state index in [1.54, 1.807) is 6.92 Å². The molecule has 0 aromatic carbocycles. The van der Waals surface area contributed by atoms with Gasteiger partial charge >= 0.3 is 5.97 Å². The number of rotatable bonds is 4. The van der Waals surface area contributed by atoms with Gasteiger partial charge in [-0.2, -0.15) is 0 Å². The van der Waals surface area contributed by atoms with Crippen LogP contribution in [0.4, 0.5) is 0 Å². The van der Waals surface area contributed by atoms with Gasteiger partial charge in [-0.05, 0) is 13.8 Å². The van der Waals surface area contributed by atoms with Crippen LogP contribution in [0.2, 0.25) is 0 Å². The molecule has 0 saturated heterocycles. The zero-order valence-corrected chi connectivity index (χ0v) is 11.4. The number of ether oxygens (including phenoxy) is 1. The normalized spacial score (nSPS) is 10.4. The van der Waals surface area contributed by atoms with Crippen LogP contribution in [0.5, 0.6) is 0 Å². The van der Waals surface area contributed by atoms with Gasteiger partial charge in [-0.3, -0.25) is 4.79 Å². The molecule has 2 heterocycles. The first-order valence-corrected chi connectivity index (χ1v) is 6.64. The summed E-state index contributed by atoms with van der Waals surface area (Å²) in [7, 11) is 0. The Hall–Kier alpha value is -2.02. The highest BCUT2D eigenvalue weighted by Gasteiger charge is 2.13. The van der Waals surface area contributed by atoms with Gasteiger partial charge in [0.2, 0.25) is 0 Å². The second-order valence-corrected chi connectivity index (χ2v) is 4.80. The lowest BCUT2D eigenvalue weighted by Crippen LogP contribution is -2.22. The van der Waals surface area contributed by atoms with Crippen molar-refractivity contribution in [1.82, 2.24) is 15.0 Å². The number of aromatic amines is 1. The summed E-state index contributed by atoms with van der Waals surface area (Å²) in [6, 6.07) is 0. The van der Waals surface area contributed by atoms with E-state index < -0.39 is 11.5 Å². The Bertz CT molecular complexity index is 648. The molecule has 7 heteroatoms. The first-order valence-electron chi connectivity index (χ1n) is 5.76. The fourth-order valence-corrected chi connectivity index (χ4v) is 2.28. The van der Waals surface area contributed by atoms with Crippen molar-refractivity contribution in [3.05, 3.63) is 44.0 Å². The average Bonchev–Trinajstić information content (AvgIpc) is 2.75. The molecule has 0 aliphatic heterocycles. The number of esters is 1. The number of carbonyl (C=O) groups is 1. The molecule has 0 unspecified atom stereocenters. The van der Waals surface area contributed by atoms with Gasteiger partial charge in [-0.15, -0.1) is 11.3 Å². The number of thiazole rings is 1. The second-order valence-electron chi connectivity index (χ2n) is 3.85. The quantitative estimate of drug-likeness (QED) is 0.853. The van der Waals surface area contributed by atoms with Crippen LogP contribution in [-0.4, -0.2) is 27.5 Å². The number of carbonyl (C=O) groups excluding carboxylic acids is 1. The van der Waals surface area contributed by atoms with Crippen LogP contribution in [0.3, 0.4) is 0 Å². The van der Waals surface area contributed by atoms with Crippen LogP contribution in [-0.2, 0) is 11.2 Å². The Kier molecular flexibility index (Phi) is 4.06. The van der Waals surface area contributed by atoms with Gasteiger partial charge in [0.15, 0.2) is 0 Å². The number of aromatic nitrogens is 3. The van der Waals surface area contributed by atoms with E-state index in [0.717, 1.165) is 10.7 Å². The highest BCUT2D eigenvalue weighted by molar-refractivity contribution is 7.09. The monoisotopic (exact) mass is 279 g/mol. The molecule has 0 atom stereocenters. The van der Waals surface area contributed by atoms with E-state index >= 15 is 0 Å². The Morgan fingerprint density at radius 3 is 2.89 bits per heavy atom. The van der Waals surface area contributed by atoms with Crippen molar-refractivity contribution in [2.45, 2.75) is 20.3 Å². The van der Waals surface area contributed by atoms with Gasteiger partial charge in [-0.1, -0.05) is 0 Å². The fourth-order valence-electron chi connectivity index (χ4n) is 1.50. The van der Waals surface area contributed by atoms with Crippen LogP contribution in [0.25, 0.3) is 0 Å². The maximum atomic E-state index is 11.7. The Morgan fingerprint density at radius 2 is 2.32 bits per heavy atom. The lowest BCUT2D eigenvalue weighted by atomic mass is 10.3. The summed E-state index contributed by atoms with van der Waals surface area (Å²) in [6.45, 7) is 3.80. The molecule has 0 fully saturated rings. The zero-order valence-electron chi connectivity index (χ0n) is 10.6. The number of nitrogens with zero attached hydrogens (tertiary/aromatic N) is 2. The van der Waals surface area contributed by atoms with Crippen molar-refractivity contribution in [2.75, 3.05) is 6.61 Å². The highest BCUT2D eigenvalue weighted by atomic mass is 32.1. The zero-order chi connectivity index (χ0) is 13.8. The van der Waals surface area contributed by atoms with Crippen LogP contribution in [0.1, 0.15) is 33.8 Å². The molecule has 0 aliphatic rings. The third-order valence-corrected chi connectivity index (χ3v) is 3.30. The Labute approximate surface area is 113 Å². The predicted octanol–water partition coefficient (Wildman–Crippen LogP) is 1.30. The summed E-state index contributed by atoms with van der Waals surface area (Å²) in [5, 5.41) is 2.80. The Balaban J connectivity index is 2.19. The summed E-state index contributed by atoms with van der Waals surface area (Å²) in [6.07, 6.45) is 1.68. The van der Waals surface area contributed by atoms with E-state index in [0.29, 0.717) is 12.2 Å². The second kappa shape index (κ2) is 5.75. The molecular formula is C12H13N3O3S. The molecule has 2 aromatic rings. The first kappa shape index (κ1) is 13.4. The van der Waals surface area contributed by atoms with Crippen LogP contribution in [0, 0.1) is 6.92 Å². The molecular weight excluding hydrogens is 266 g/mol. The SMILES string of the molecule is CCOC(=O)c1cnc(Cc2nc(C)cs2)[nH]c1=O. The summed E-state index contributed by atoms with van der Waals surface area (Å²) < 4.78 is 4.76. The number of H-pyrrole nitrogens is 1. The van der Waals surface area contributed by atoms with Crippen molar-refractivity contribution in [3.8, 4) is 0 Å². The van der Waals surface area contributed by atoms with Crippen LogP contribution in [0.15, 0.2) is 16.4 Å². The third-order valence-electron chi connectivity index (χ3n) is 2.33. The minimum atomic E-state index is -0.659. The topological polar surface area (TPSA) is 84.9 Å². The number of nitrogens with one attached hydrogen (secondary N) is 1. The van der Waals surface area contributed by atoms with Gasteiger partial charge in [-0.25, -0.2) is 14.8 Å². The van der Waals surface area contributed by atoms with E-state index in [-0.39, 0.29) is 12.2 Å². The highest BCUT2D eigenvalue weighted by Crippen LogP contribution is 2.11. The third kappa shape index (κ3) is 3.25. The van der Waals surface area contributed by atoms with Crippen LogP contribution >= 0.6 is 11.3 Å². The van der Waals surface area contributed by atoms with Crippen LogP contribution < -0.4 is 5.56 Å². The molecule has 6 nitrogen and oxygen atoms in total. The van der Waals surface area contributed by atoms with Gasteiger partial charge in [0, 0.05) is 17.3 Å². The minimum absolute atomic E-state index is 0.0825. The van der Waals surface area contributed by atoms with Crippen molar-refractivity contribution in [2.24, 2.45) is 0 Å². The molecule has 0 radical (unpaired) electrons. The van der Waals surface area contributed by atoms with Crippen molar-refractivity contribution in [3.63, 3.8) is 0 Å². The van der Waals surface area contributed by atoms with Gasteiger partial charge in [0.05, 0.1) is 13.0 Å². The summed E-state index contributed by atoms with van der Waals surface area (Å²) in [5.41, 5.74) is 0.364. The van der Waals surface area contributed by atoms with Crippen molar-refractivity contribution in [1.29, 1.82) is 0 Å². The van der Waals surface area contributed by atoms with E-state index in [1.807, 2.05) is 12.3 Å². The number of hydrogen-bond donors (Lipinski definition) is 1. The maximum Gasteiger partial charge on any atom is 0.345 e. The maximum absolute atomic E-state index is 11.7. The Morgan fingerprint density at radius 1 is 1.53 bits per heavy atom. The number of hydrogen-bond acceptors (Lipinski definition) is 6. The van der Waals surface area contributed by atoms with E-state index in [4.69, 9.17) is 4.74 Å². The van der Waals surface area contributed by atoms with E-state index in [9.17, 15) is 9.59 Å². The molecule has 0 aliphatic carbocycles. The van der Waals surface area contributed by atoms with E-state index in [2.05, 4.69) is 15.0 Å². The van der Waals surface area contributed by atoms with Gasteiger partial charge in [0.1, 0.15) is 16.4 Å². The molecule has 0 bridgehead atoms. The summed E-state index contributed by atoms with van der Waals surface area (Å²) >= 11 is 1.50. The summed E-state index contributed by atoms with van der Waals surface area (Å²) in [4.78, 5) is 34.1. The molecule has 2 aromatic heterocycles. The van der Waals surface area contributed by atoms with Gasteiger partial charge < -0.3 is 9.72 Å². The molecule has 2 rings (SSSR count). The minimum Gasteiger partial charge on any atom is -0.462 e. The predicted molar refractivity (Wildman–Crippen MR) is 70.5 cm³/mol. The lowest BCUT2D eigenvalue weighted by molar-refractivity contribution is 0.0523. The van der Waals surface area contributed by atoms with Crippen molar-refractivity contribution >= 4 is 17.3 Å². The van der Waals surface area contributed by atoms with Gasteiger partial charge in [0.25, 0.3) is 5.56 Å². The molecule has 1 N–H and O–H groups in total. The summed E-state index contributed by atoms with van der Waals surface area (Å²) in [5.74, 6) is -0.180. The van der Waals surface area contributed by atoms with E-state index in [1.165, 1.54) is 17.5 Å². The fraction of sp³-hybridized carbons (Fsp3) is 0.333. The first-order chi connectivity index (χ1) is 9.10. The smallest absolute Gasteiger partial charge is 0.345 e. The molecule has 0 spiro atoms. The molecule has 100 valence electrons. The van der Waals surface area contributed by atoms with Crippen molar-refractivity contribution < 1.29 is 9.53 Å². The molecule has 19 heavy (non-hydrogen) atoms. The largest absolute Gasteiger partial charge is 0.462 e. The lowest BCUT2D eigenvalue weighted by Gasteiger charge is -2.02. The standard InChI is InChI=1S/C12H13N3O3S/c1-3-18-12(17)8-5-13-9(15-11(8)16)4-10-14-7(2)6-19-10/h5-6H,3-4H2,1-2H3,(H,13,15,16). The molecule has 0 saturated carbocycles. The number of aryl methyl sites for hydroxylation is 1.